The average Bonchev–Trinajstić information content (AvgIpc) is 2.59. The summed E-state index contributed by atoms with van der Waals surface area (Å²) in [6.07, 6.45) is -0.0731. The molecule has 0 aliphatic carbocycles. The summed E-state index contributed by atoms with van der Waals surface area (Å²) in [5.74, 6) is 0. The van der Waals surface area contributed by atoms with Crippen LogP contribution in [0.2, 0.25) is 0 Å². The van der Waals surface area contributed by atoms with Crippen LogP contribution in [0.5, 0.6) is 0 Å². The number of benzene rings is 2. The van der Waals surface area contributed by atoms with Crippen LogP contribution in [0, 0.1) is 0 Å². The minimum atomic E-state index is -0.0731. The summed E-state index contributed by atoms with van der Waals surface area (Å²) in [6, 6.07) is 15.8. The monoisotopic (exact) mass is 295 g/mol. The number of ether oxygens (including phenoxy) is 2. The number of pyridine rings is 1. The van der Waals surface area contributed by atoms with Crippen molar-refractivity contribution in [3.63, 3.8) is 0 Å². The third kappa shape index (κ3) is 2.21. The molecular weight excluding hydrogens is 278 g/mol. The molecule has 1 aliphatic heterocycles. The van der Waals surface area contributed by atoms with Crippen molar-refractivity contribution in [2.45, 2.75) is 12.6 Å². The summed E-state index contributed by atoms with van der Waals surface area (Å²) in [7, 11) is 0. The van der Waals surface area contributed by atoms with Gasteiger partial charge < -0.3 is 14.0 Å². The Bertz CT molecular complexity index is 878. The van der Waals surface area contributed by atoms with E-state index < -0.39 is 0 Å². The first-order chi connectivity index (χ1) is 10.8. The highest BCUT2D eigenvalue weighted by Crippen LogP contribution is 2.23. The van der Waals surface area contributed by atoms with Crippen molar-refractivity contribution >= 4 is 21.7 Å². The lowest BCUT2D eigenvalue weighted by Gasteiger charge is -2.24. The predicted octanol–water partition coefficient (Wildman–Crippen LogP) is 2.57. The van der Waals surface area contributed by atoms with E-state index in [1.54, 1.807) is 0 Å². The molecule has 3 aromatic rings. The third-order valence-electron chi connectivity index (χ3n) is 4.16. The van der Waals surface area contributed by atoms with Gasteiger partial charge in [0.25, 0.3) is 5.56 Å². The average molecular weight is 295 g/mol. The van der Waals surface area contributed by atoms with Crippen LogP contribution in [0.4, 0.5) is 0 Å². The molecule has 0 bridgehead atoms. The van der Waals surface area contributed by atoms with Gasteiger partial charge in [0.1, 0.15) is 0 Å². The Kier molecular flexibility index (Phi) is 3.41. The van der Waals surface area contributed by atoms with Gasteiger partial charge in [-0.15, -0.1) is 0 Å². The molecule has 0 saturated carbocycles. The van der Waals surface area contributed by atoms with E-state index in [-0.39, 0.29) is 11.7 Å². The molecule has 1 fully saturated rings. The van der Waals surface area contributed by atoms with E-state index in [0.29, 0.717) is 26.4 Å². The van der Waals surface area contributed by atoms with Gasteiger partial charge in [-0.25, -0.2) is 0 Å². The first kappa shape index (κ1) is 13.5. The van der Waals surface area contributed by atoms with Crippen molar-refractivity contribution in [2.24, 2.45) is 0 Å². The molecule has 1 saturated heterocycles. The molecule has 22 heavy (non-hydrogen) atoms. The van der Waals surface area contributed by atoms with E-state index in [2.05, 4.69) is 6.07 Å². The summed E-state index contributed by atoms with van der Waals surface area (Å²) < 4.78 is 13.0. The smallest absolute Gasteiger partial charge is 0.259 e. The zero-order valence-corrected chi connectivity index (χ0v) is 12.2. The fraction of sp³-hybridized carbons (Fsp3) is 0.278. The zero-order valence-electron chi connectivity index (χ0n) is 12.2. The van der Waals surface area contributed by atoms with Crippen molar-refractivity contribution in [1.29, 1.82) is 0 Å². The van der Waals surface area contributed by atoms with Crippen LogP contribution >= 0.6 is 0 Å². The second-order valence-corrected chi connectivity index (χ2v) is 5.55. The molecule has 1 atom stereocenters. The predicted molar refractivity (Wildman–Crippen MR) is 86.3 cm³/mol. The number of rotatable bonds is 2. The number of para-hydroxylation sites is 1. The summed E-state index contributed by atoms with van der Waals surface area (Å²) in [4.78, 5) is 12.9. The first-order valence-corrected chi connectivity index (χ1v) is 7.54. The van der Waals surface area contributed by atoms with Crippen molar-refractivity contribution in [3.05, 3.63) is 58.9 Å². The second kappa shape index (κ2) is 5.55. The molecule has 0 spiro atoms. The maximum absolute atomic E-state index is 12.9. The van der Waals surface area contributed by atoms with E-state index >= 15 is 0 Å². The minimum absolute atomic E-state index is 0.0310. The van der Waals surface area contributed by atoms with E-state index in [0.717, 1.165) is 21.7 Å². The van der Waals surface area contributed by atoms with Gasteiger partial charge in [-0.2, -0.15) is 0 Å². The lowest BCUT2D eigenvalue weighted by molar-refractivity contribution is -0.0934. The molecule has 4 rings (SSSR count). The molecule has 2 heterocycles. The van der Waals surface area contributed by atoms with Gasteiger partial charge in [-0.05, 0) is 17.5 Å². The van der Waals surface area contributed by atoms with Crippen molar-refractivity contribution in [2.75, 3.05) is 19.8 Å². The molecule has 1 aliphatic rings. The van der Waals surface area contributed by atoms with E-state index in [9.17, 15) is 4.79 Å². The Morgan fingerprint density at radius 2 is 1.68 bits per heavy atom. The van der Waals surface area contributed by atoms with Gasteiger partial charge in [0, 0.05) is 10.8 Å². The Morgan fingerprint density at radius 1 is 0.955 bits per heavy atom. The first-order valence-electron chi connectivity index (χ1n) is 7.54. The Labute approximate surface area is 127 Å². The van der Waals surface area contributed by atoms with Crippen LogP contribution in [-0.4, -0.2) is 30.5 Å². The van der Waals surface area contributed by atoms with Crippen LogP contribution in [0.3, 0.4) is 0 Å². The maximum Gasteiger partial charge on any atom is 0.259 e. The molecule has 0 unspecified atom stereocenters. The summed E-state index contributed by atoms with van der Waals surface area (Å²) >= 11 is 0. The lowest BCUT2D eigenvalue weighted by atomic mass is 10.1. The van der Waals surface area contributed by atoms with Crippen molar-refractivity contribution in [1.82, 2.24) is 4.57 Å². The fourth-order valence-electron chi connectivity index (χ4n) is 3.12. The third-order valence-corrected chi connectivity index (χ3v) is 4.16. The van der Waals surface area contributed by atoms with Crippen LogP contribution in [0.15, 0.2) is 53.3 Å². The molecule has 2 aromatic carbocycles. The van der Waals surface area contributed by atoms with Crippen molar-refractivity contribution < 1.29 is 9.47 Å². The number of hydrogen-bond donors (Lipinski definition) is 0. The lowest BCUT2D eigenvalue weighted by Crippen LogP contribution is -2.35. The number of nitrogens with zero attached hydrogens (tertiary/aromatic N) is 1. The van der Waals surface area contributed by atoms with Gasteiger partial charge >= 0.3 is 0 Å². The maximum atomic E-state index is 12.9. The van der Waals surface area contributed by atoms with Crippen LogP contribution in [0.25, 0.3) is 21.7 Å². The number of fused-ring (bicyclic) bond motifs is 3. The Balaban J connectivity index is 1.94. The van der Waals surface area contributed by atoms with Crippen LogP contribution in [0.1, 0.15) is 0 Å². The molecule has 4 heteroatoms. The van der Waals surface area contributed by atoms with Crippen LogP contribution < -0.4 is 5.56 Å². The molecule has 0 radical (unpaired) electrons. The highest BCUT2D eigenvalue weighted by Gasteiger charge is 2.18. The molecule has 0 amide bonds. The highest BCUT2D eigenvalue weighted by atomic mass is 16.6. The summed E-state index contributed by atoms with van der Waals surface area (Å²) in [5.41, 5.74) is 0.976. The number of aromatic nitrogens is 1. The fourth-order valence-corrected chi connectivity index (χ4v) is 3.12. The van der Waals surface area contributed by atoms with E-state index in [1.807, 2.05) is 47.0 Å². The Hall–Kier alpha value is -2.17. The Morgan fingerprint density at radius 3 is 2.45 bits per heavy atom. The summed E-state index contributed by atoms with van der Waals surface area (Å²) in [5, 5.41) is 2.84. The SMILES string of the molecule is O=c1c2ccccc2c2ccccc2n1C[C@@H]1COCCO1. The highest BCUT2D eigenvalue weighted by molar-refractivity contribution is 6.05. The second-order valence-electron chi connectivity index (χ2n) is 5.55. The van der Waals surface area contributed by atoms with Gasteiger partial charge in [0.15, 0.2) is 0 Å². The summed E-state index contributed by atoms with van der Waals surface area (Å²) in [6.45, 7) is 2.27. The standard InChI is InChI=1S/C18H17NO3/c20-18-16-7-2-1-5-14(16)15-6-3-4-8-17(15)19(18)11-13-12-21-9-10-22-13/h1-8,13H,9-12H2/t13-/m1/s1. The normalized spacial score (nSPS) is 18.8. The minimum Gasteiger partial charge on any atom is -0.376 e. The van der Waals surface area contributed by atoms with E-state index in [4.69, 9.17) is 9.47 Å². The molecular formula is C18H17NO3. The van der Waals surface area contributed by atoms with Crippen LogP contribution in [-0.2, 0) is 16.0 Å². The molecule has 112 valence electrons. The molecule has 1 aromatic heterocycles. The van der Waals surface area contributed by atoms with Gasteiger partial charge in [-0.3, -0.25) is 4.79 Å². The molecule has 4 nitrogen and oxygen atoms in total. The topological polar surface area (TPSA) is 40.5 Å². The van der Waals surface area contributed by atoms with Gasteiger partial charge in [-0.1, -0.05) is 36.4 Å². The van der Waals surface area contributed by atoms with Gasteiger partial charge in [0.2, 0.25) is 0 Å². The largest absolute Gasteiger partial charge is 0.376 e. The number of hydrogen-bond acceptors (Lipinski definition) is 3. The van der Waals surface area contributed by atoms with Gasteiger partial charge in [0.05, 0.1) is 38.0 Å². The van der Waals surface area contributed by atoms with E-state index in [1.165, 1.54) is 0 Å². The molecule has 0 N–H and O–H groups in total. The zero-order chi connectivity index (χ0) is 14.9. The van der Waals surface area contributed by atoms with Crippen molar-refractivity contribution in [3.8, 4) is 0 Å². The quantitative estimate of drug-likeness (QED) is 0.682.